The molecule has 0 amide bonds. The summed E-state index contributed by atoms with van der Waals surface area (Å²) < 4.78 is 35.4. The van der Waals surface area contributed by atoms with Crippen LogP contribution in [0.4, 0.5) is 8.78 Å². The number of rotatable bonds is 5. The molecule has 4 nitrogen and oxygen atoms in total. The van der Waals surface area contributed by atoms with Crippen LogP contribution in [0.1, 0.15) is 27.6 Å². The van der Waals surface area contributed by atoms with Crippen LogP contribution in [0.3, 0.4) is 0 Å². The van der Waals surface area contributed by atoms with Gasteiger partial charge < -0.3 is 9.47 Å². The highest BCUT2D eigenvalue weighted by Crippen LogP contribution is 2.18. The molecule has 27 heavy (non-hydrogen) atoms. The molecule has 9 heteroatoms. The molecule has 0 heterocycles. The molecular weight excluding hydrogens is 558 g/mol. The summed E-state index contributed by atoms with van der Waals surface area (Å²) in [5.41, 5.74) is 0.698. The maximum absolute atomic E-state index is 13.1. The van der Waals surface area contributed by atoms with E-state index in [1.807, 2.05) is 0 Å². The third-order valence-corrected chi connectivity index (χ3v) is 3.66. The molecule has 2 rings (SSSR count). The average molecular weight is 575 g/mol. The number of methoxy groups -OCH3 is 2. The van der Waals surface area contributed by atoms with E-state index in [9.17, 15) is 18.4 Å². The number of ketones is 2. The summed E-state index contributed by atoms with van der Waals surface area (Å²) in [4.78, 5) is 21.9. The van der Waals surface area contributed by atoms with Gasteiger partial charge in [0.1, 0.15) is 0 Å². The van der Waals surface area contributed by atoms with Crippen LogP contribution in [0.2, 0.25) is 0 Å². The lowest BCUT2D eigenvalue weighted by Gasteiger charge is -2.02. The zero-order valence-electron chi connectivity index (χ0n) is 14.7. The molecule has 0 saturated heterocycles. The number of ether oxygens (including phenoxy) is 2. The third kappa shape index (κ3) is 8.49. The molecule has 0 atom stereocenters. The lowest BCUT2D eigenvalue weighted by atomic mass is 10.1. The number of benzene rings is 2. The quantitative estimate of drug-likeness (QED) is 0.318. The van der Waals surface area contributed by atoms with Gasteiger partial charge in [0.05, 0.1) is 19.5 Å². The molecule has 0 radical (unpaired) electrons. The van der Waals surface area contributed by atoms with E-state index >= 15 is 0 Å². The molecule has 0 fully saturated rings. The van der Waals surface area contributed by atoms with Crippen molar-refractivity contribution in [2.75, 3.05) is 19.5 Å². The first-order valence-corrected chi connectivity index (χ1v) is 12.1. The largest absolute Gasteiger partial charge is 0.494 e. The van der Waals surface area contributed by atoms with Crippen LogP contribution in [0.25, 0.3) is 0 Å². The summed E-state index contributed by atoms with van der Waals surface area (Å²) in [6.07, 6.45) is 0. The van der Waals surface area contributed by atoms with E-state index in [1.54, 1.807) is 0 Å². The Morgan fingerprint density at radius 1 is 0.889 bits per heavy atom. The van der Waals surface area contributed by atoms with Crippen LogP contribution in [-0.2, 0) is 0 Å². The van der Waals surface area contributed by atoms with Crippen LogP contribution in [0.5, 0.6) is 11.5 Å². The lowest BCUT2D eigenvalue weighted by Crippen LogP contribution is -2.00. The van der Waals surface area contributed by atoms with Gasteiger partial charge in [-0.2, -0.15) is 0 Å². The van der Waals surface area contributed by atoms with Crippen LogP contribution >= 0.6 is 44.2 Å². The molecule has 0 unspecified atom stereocenters. The molecule has 2 aromatic rings. The lowest BCUT2D eigenvalue weighted by molar-refractivity contribution is 0.101. The standard InChI is InChI=1S/C9H8BrFO2.C9H9FO2.Br2/c1-13-9-3-2-6(4-7(9)11)8(12)5-10;1-6(11)7-3-4-9(12-2)8(10)5-7;1-2/h2-4H,5H2,1H3;3-5H,1-2H3;. The van der Waals surface area contributed by atoms with Gasteiger partial charge in [0.15, 0.2) is 34.7 Å². The van der Waals surface area contributed by atoms with Crippen molar-refractivity contribution in [3.63, 3.8) is 0 Å². The van der Waals surface area contributed by atoms with Crippen molar-refractivity contribution < 1.29 is 27.8 Å². The monoisotopic (exact) mass is 572 g/mol. The Kier molecular flexibility index (Phi) is 13.1. The normalized spacial score (nSPS) is 9.19. The summed E-state index contributed by atoms with van der Waals surface area (Å²) in [5.74, 6) is -1.04. The minimum absolute atomic E-state index is 0.145. The molecule has 148 valence electrons. The predicted molar refractivity (Wildman–Crippen MR) is 112 cm³/mol. The van der Waals surface area contributed by atoms with Crippen molar-refractivity contribution >= 4 is 55.8 Å². The zero-order valence-corrected chi connectivity index (χ0v) is 19.5. The molecule has 0 saturated carbocycles. The van der Waals surface area contributed by atoms with Crippen LogP contribution < -0.4 is 9.47 Å². The van der Waals surface area contributed by atoms with E-state index in [2.05, 4.69) is 44.2 Å². The van der Waals surface area contributed by atoms with E-state index in [0.29, 0.717) is 11.1 Å². The number of alkyl halides is 1. The number of hydrogen-bond donors (Lipinski definition) is 0. The van der Waals surface area contributed by atoms with Gasteiger partial charge in [0, 0.05) is 39.4 Å². The minimum Gasteiger partial charge on any atom is -0.494 e. The molecule has 0 aliphatic carbocycles. The van der Waals surface area contributed by atoms with E-state index in [1.165, 1.54) is 57.5 Å². The smallest absolute Gasteiger partial charge is 0.173 e. The molecule has 0 bridgehead atoms. The second-order valence-corrected chi connectivity index (χ2v) is 5.37. The molecule has 0 aliphatic rings. The third-order valence-electron chi connectivity index (χ3n) is 3.15. The Bertz CT molecular complexity index is 770. The highest BCUT2D eigenvalue weighted by atomic mass is 80.9. The highest BCUT2D eigenvalue weighted by molar-refractivity contribution is 9.93. The van der Waals surface area contributed by atoms with Crippen molar-refractivity contribution in [2.24, 2.45) is 0 Å². The van der Waals surface area contributed by atoms with E-state index in [4.69, 9.17) is 9.47 Å². The number of carbonyl (C=O) groups is 2. The van der Waals surface area contributed by atoms with Crippen LogP contribution in [-0.4, -0.2) is 31.1 Å². The second kappa shape index (κ2) is 13.8. The van der Waals surface area contributed by atoms with E-state index in [-0.39, 0.29) is 28.4 Å². The number of hydrogen-bond acceptors (Lipinski definition) is 4. The SMILES string of the molecule is BrBr.COc1ccc(C(=O)CBr)cc1F.COc1ccc(C(C)=O)cc1F. The Morgan fingerprint density at radius 2 is 1.30 bits per heavy atom. The van der Waals surface area contributed by atoms with Gasteiger partial charge in [-0.05, 0) is 43.3 Å². The fourth-order valence-corrected chi connectivity index (χ4v) is 2.13. The Balaban J connectivity index is 0.000000460. The maximum Gasteiger partial charge on any atom is 0.173 e. The van der Waals surface area contributed by atoms with Gasteiger partial charge in [-0.3, -0.25) is 9.59 Å². The van der Waals surface area contributed by atoms with Crippen molar-refractivity contribution in [2.45, 2.75) is 6.92 Å². The molecule has 0 N–H and O–H groups in total. The van der Waals surface area contributed by atoms with Crippen molar-refractivity contribution in [3.8, 4) is 11.5 Å². The van der Waals surface area contributed by atoms with Gasteiger partial charge in [0.2, 0.25) is 0 Å². The summed E-state index contributed by atoms with van der Waals surface area (Å²) in [5, 5.41) is 0.193. The number of carbonyl (C=O) groups excluding carboxylic acids is 2. The number of halogens is 5. The Hall–Kier alpha value is -1.32. The topological polar surface area (TPSA) is 52.6 Å². The van der Waals surface area contributed by atoms with E-state index < -0.39 is 11.6 Å². The minimum atomic E-state index is -0.519. The first-order valence-electron chi connectivity index (χ1n) is 7.25. The Labute approximate surface area is 180 Å². The summed E-state index contributed by atoms with van der Waals surface area (Å²) in [6, 6.07) is 8.27. The number of Topliss-reactive ketones (excluding diaryl/α,β-unsaturated/α-hetero) is 2. The van der Waals surface area contributed by atoms with E-state index in [0.717, 1.165) is 0 Å². The fourth-order valence-electron chi connectivity index (χ4n) is 1.80. The first kappa shape index (κ1) is 25.7. The maximum atomic E-state index is 13.1. The molecule has 0 aliphatic heterocycles. The molecule has 2 aromatic carbocycles. The second-order valence-electron chi connectivity index (χ2n) is 4.81. The average Bonchev–Trinajstić information content (AvgIpc) is 2.69. The zero-order chi connectivity index (χ0) is 21.0. The van der Waals surface area contributed by atoms with Crippen molar-refractivity contribution in [3.05, 3.63) is 59.2 Å². The van der Waals surface area contributed by atoms with Gasteiger partial charge in [-0.15, -0.1) is 0 Å². The Morgan fingerprint density at radius 3 is 1.63 bits per heavy atom. The molecule has 0 aromatic heterocycles. The summed E-state index contributed by atoms with van der Waals surface area (Å²) in [7, 11) is 2.76. The highest BCUT2D eigenvalue weighted by Gasteiger charge is 2.08. The van der Waals surface area contributed by atoms with Gasteiger partial charge >= 0.3 is 0 Å². The van der Waals surface area contributed by atoms with Crippen LogP contribution in [0, 0.1) is 11.6 Å². The van der Waals surface area contributed by atoms with Gasteiger partial charge in [-0.1, -0.05) is 15.9 Å². The van der Waals surface area contributed by atoms with Crippen LogP contribution in [0.15, 0.2) is 36.4 Å². The first-order chi connectivity index (χ1) is 12.8. The van der Waals surface area contributed by atoms with Crippen molar-refractivity contribution in [1.82, 2.24) is 0 Å². The van der Waals surface area contributed by atoms with Gasteiger partial charge in [-0.25, -0.2) is 8.78 Å². The summed E-state index contributed by atoms with van der Waals surface area (Å²) in [6.45, 7) is 1.39. The molecular formula is C18H17Br3F2O4. The molecule has 0 spiro atoms. The van der Waals surface area contributed by atoms with Crippen molar-refractivity contribution in [1.29, 1.82) is 0 Å². The van der Waals surface area contributed by atoms with Gasteiger partial charge in [0.25, 0.3) is 0 Å². The predicted octanol–water partition coefficient (Wildman–Crippen LogP) is 6.14. The fraction of sp³-hybridized carbons (Fsp3) is 0.222. The summed E-state index contributed by atoms with van der Waals surface area (Å²) >= 11 is 8.51.